The number of hydrogen-bond donors (Lipinski definition) is 2. The van der Waals surface area contributed by atoms with Crippen LogP contribution in [0.5, 0.6) is 0 Å². The zero-order valence-corrected chi connectivity index (χ0v) is 12.9. The molecule has 4 heteroatoms. The van der Waals surface area contributed by atoms with E-state index in [0.717, 1.165) is 18.7 Å². The summed E-state index contributed by atoms with van der Waals surface area (Å²) in [5.74, 6) is -0.908. The van der Waals surface area contributed by atoms with E-state index in [9.17, 15) is 4.79 Å². The smallest absolute Gasteiger partial charge is 0.323 e. The second-order valence-corrected chi connectivity index (χ2v) is 5.69. The van der Waals surface area contributed by atoms with Crippen molar-refractivity contribution in [2.24, 2.45) is 5.73 Å². The molecule has 0 aliphatic rings. The van der Waals surface area contributed by atoms with Crippen LogP contribution in [-0.2, 0) is 4.79 Å². The van der Waals surface area contributed by atoms with Gasteiger partial charge < -0.3 is 15.7 Å². The minimum atomic E-state index is -1.09. The van der Waals surface area contributed by atoms with Gasteiger partial charge in [0, 0.05) is 19.3 Å². The van der Waals surface area contributed by atoms with Crippen LogP contribution < -0.4 is 10.6 Å². The van der Waals surface area contributed by atoms with E-state index in [4.69, 9.17) is 10.8 Å². The van der Waals surface area contributed by atoms with Crippen LogP contribution in [0.3, 0.4) is 0 Å². The number of hydrogen-bond acceptors (Lipinski definition) is 3. The summed E-state index contributed by atoms with van der Waals surface area (Å²) in [7, 11) is 2.03. The number of carboxylic acids is 1. The minimum absolute atomic E-state index is 0.454. The van der Waals surface area contributed by atoms with E-state index < -0.39 is 11.5 Å². The Morgan fingerprint density at radius 2 is 1.85 bits per heavy atom. The zero-order chi connectivity index (χ0) is 15.3. The fourth-order valence-electron chi connectivity index (χ4n) is 2.37. The van der Waals surface area contributed by atoms with Gasteiger partial charge in [-0.05, 0) is 56.4 Å². The highest BCUT2D eigenvalue weighted by molar-refractivity contribution is 5.78. The lowest BCUT2D eigenvalue weighted by atomic mass is 9.92. The molecule has 1 aromatic rings. The van der Waals surface area contributed by atoms with Crippen LogP contribution in [0.25, 0.3) is 0 Å². The highest BCUT2D eigenvalue weighted by atomic mass is 16.4. The summed E-state index contributed by atoms with van der Waals surface area (Å²) in [6, 6.07) is 6.42. The number of carbonyl (C=O) groups is 1. The van der Waals surface area contributed by atoms with Crippen LogP contribution in [-0.4, -0.2) is 30.2 Å². The molecule has 1 aromatic carbocycles. The molecule has 0 saturated heterocycles. The van der Waals surface area contributed by atoms with Crippen molar-refractivity contribution in [3.8, 4) is 0 Å². The molecule has 1 unspecified atom stereocenters. The molecule has 0 amide bonds. The topological polar surface area (TPSA) is 66.6 Å². The molecule has 3 N–H and O–H groups in total. The molecule has 0 saturated carbocycles. The van der Waals surface area contributed by atoms with Crippen molar-refractivity contribution in [1.29, 1.82) is 0 Å². The molecule has 20 heavy (non-hydrogen) atoms. The van der Waals surface area contributed by atoms with Gasteiger partial charge in [-0.1, -0.05) is 13.0 Å². The largest absolute Gasteiger partial charge is 0.480 e. The van der Waals surface area contributed by atoms with Gasteiger partial charge in [-0.25, -0.2) is 0 Å². The first kappa shape index (κ1) is 16.5. The van der Waals surface area contributed by atoms with Crippen molar-refractivity contribution in [1.82, 2.24) is 0 Å². The molecule has 0 bridgehead atoms. The molecule has 0 heterocycles. The van der Waals surface area contributed by atoms with Gasteiger partial charge in [0.25, 0.3) is 0 Å². The highest BCUT2D eigenvalue weighted by Crippen LogP contribution is 2.20. The van der Waals surface area contributed by atoms with Crippen LogP contribution in [0.4, 0.5) is 5.69 Å². The first-order valence-corrected chi connectivity index (χ1v) is 7.10. The van der Waals surface area contributed by atoms with Gasteiger partial charge in [-0.3, -0.25) is 4.79 Å². The van der Waals surface area contributed by atoms with Crippen LogP contribution in [0, 0.1) is 13.8 Å². The SMILES string of the molecule is CCC(N)(CCCN(C)c1cc(C)cc(C)c1)C(=O)O. The van der Waals surface area contributed by atoms with Crippen molar-refractivity contribution < 1.29 is 9.90 Å². The predicted molar refractivity (Wildman–Crippen MR) is 83.3 cm³/mol. The lowest BCUT2D eigenvalue weighted by Crippen LogP contribution is -2.47. The number of carboxylic acid groups (broad SMARTS) is 1. The van der Waals surface area contributed by atoms with Gasteiger partial charge in [0.15, 0.2) is 0 Å². The predicted octanol–water partition coefficient (Wildman–Crippen LogP) is 2.71. The molecular weight excluding hydrogens is 252 g/mol. The third-order valence-corrected chi connectivity index (χ3v) is 3.82. The summed E-state index contributed by atoms with van der Waals surface area (Å²) in [6.07, 6.45) is 1.71. The van der Waals surface area contributed by atoms with Gasteiger partial charge in [0.05, 0.1) is 0 Å². The quantitative estimate of drug-likeness (QED) is 0.805. The Bertz CT molecular complexity index is 453. The average Bonchev–Trinajstić information content (AvgIpc) is 2.36. The van der Waals surface area contributed by atoms with Gasteiger partial charge in [0.1, 0.15) is 5.54 Å². The lowest BCUT2D eigenvalue weighted by molar-refractivity contribution is -0.143. The molecule has 0 aromatic heterocycles. The maximum atomic E-state index is 11.1. The number of nitrogens with two attached hydrogens (primary N) is 1. The molecule has 4 nitrogen and oxygen atoms in total. The molecule has 0 radical (unpaired) electrons. The second kappa shape index (κ2) is 6.75. The Morgan fingerprint density at radius 1 is 1.30 bits per heavy atom. The molecule has 1 atom stereocenters. The Kier molecular flexibility index (Phi) is 5.57. The van der Waals surface area contributed by atoms with Gasteiger partial charge in [0.2, 0.25) is 0 Å². The number of aryl methyl sites for hydroxylation is 2. The van der Waals surface area contributed by atoms with Crippen LogP contribution in [0.1, 0.15) is 37.3 Å². The summed E-state index contributed by atoms with van der Waals surface area (Å²) in [5.41, 5.74) is 8.44. The van der Waals surface area contributed by atoms with Gasteiger partial charge in [-0.2, -0.15) is 0 Å². The summed E-state index contributed by atoms with van der Waals surface area (Å²) in [4.78, 5) is 13.3. The van der Waals surface area contributed by atoms with Crippen molar-refractivity contribution in [2.45, 2.75) is 45.6 Å². The van der Waals surface area contributed by atoms with E-state index in [1.807, 2.05) is 14.0 Å². The highest BCUT2D eigenvalue weighted by Gasteiger charge is 2.31. The summed E-state index contributed by atoms with van der Waals surface area (Å²) >= 11 is 0. The molecule has 112 valence electrons. The first-order chi connectivity index (χ1) is 9.28. The Labute approximate surface area is 121 Å². The van der Waals surface area contributed by atoms with E-state index in [0.29, 0.717) is 12.8 Å². The van der Waals surface area contributed by atoms with E-state index in [2.05, 4.69) is 36.9 Å². The Balaban J connectivity index is 2.59. The number of rotatable bonds is 7. The molecule has 0 aliphatic heterocycles. The van der Waals surface area contributed by atoms with Crippen LogP contribution in [0.2, 0.25) is 0 Å². The van der Waals surface area contributed by atoms with Crippen molar-refractivity contribution in [3.63, 3.8) is 0 Å². The number of nitrogens with zero attached hydrogens (tertiary/aromatic N) is 1. The van der Waals surface area contributed by atoms with Crippen molar-refractivity contribution in [3.05, 3.63) is 29.3 Å². The number of benzene rings is 1. The maximum absolute atomic E-state index is 11.1. The molecule has 1 rings (SSSR count). The molecule has 0 aliphatic carbocycles. The minimum Gasteiger partial charge on any atom is -0.480 e. The normalized spacial score (nSPS) is 13.8. The third-order valence-electron chi connectivity index (χ3n) is 3.82. The number of aliphatic carboxylic acids is 1. The van der Waals surface area contributed by atoms with E-state index in [-0.39, 0.29) is 0 Å². The van der Waals surface area contributed by atoms with Crippen LogP contribution in [0.15, 0.2) is 18.2 Å². The lowest BCUT2D eigenvalue weighted by Gasteiger charge is -2.25. The fraction of sp³-hybridized carbons (Fsp3) is 0.562. The number of anilines is 1. The van der Waals surface area contributed by atoms with Crippen LogP contribution >= 0.6 is 0 Å². The fourth-order valence-corrected chi connectivity index (χ4v) is 2.37. The second-order valence-electron chi connectivity index (χ2n) is 5.69. The van der Waals surface area contributed by atoms with E-state index in [1.54, 1.807) is 0 Å². The average molecular weight is 278 g/mol. The summed E-state index contributed by atoms with van der Waals surface area (Å²) in [5, 5.41) is 9.15. The third kappa shape index (κ3) is 4.23. The zero-order valence-electron chi connectivity index (χ0n) is 12.9. The van der Waals surface area contributed by atoms with E-state index >= 15 is 0 Å². The van der Waals surface area contributed by atoms with E-state index in [1.165, 1.54) is 11.1 Å². The Hall–Kier alpha value is -1.55. The van der Waals surface area contributed by atoms with Gasteiger partial charge in [-0.15, -0.1) is 0 Å². The summed E-state index contributed by atoms with van der Waals surface area (Å²) in [6.45, 7) is 6.78. The monoisotopic (exact) mass is 278 g/mol. The molecule has 0 spiro atoms. The van der Waals surface area contributed by atoms with Gasteiger partial charge >= 0.3 is 5.97 Å². The Morgan fingerprint density at radius 3 is 2.30 bits per heavy atom. The first-order valence-electron chi connectivity index (χ1n) is 7.10. The molecule has 0 fully saturated rings. The van der Waals surface area contributed by atoms with Crippen molar-refractivity contribution >= 4 is 11.7 Å². The standard InChI is InChI=1S/C16H26N2O2/c1-5-16(17,15(19)20)7-6-8-18(4)14-10-12(2)9-13(3)11-14/h9-11H,5-8,17H2,1-4H3,(H,19,20). The van der Waals surface area contributed by atoms with Crippen molar-refractivity contribution in [2.75, 3.05) is 18.5 Å². The molecular formula is C16H26N2O2. The maximum Gasteiger partial charge on any atom is 0.323 e. The summed E-state index contributed by atoms with van der Waals surface area (Å²) < 4.78 is 0.